The third-order valence-corrected chi connectivity index (χ3v) is 3.60. The van der Waals surface area contributed by atoms with Crippen LogP contribution in [0.2, 0.25) is 0 Å². The average molecular weight is 269 g/mol. The van der Waals surface area contributed by atoms with Crippen LogP contribution in [-0.2, 0) is 10.3 Å². The van der Waals surface area contributed by atoms with Crippen LogP contribution in [0.4, 0.5) is 4.79 Å². The molecule has 0 aromatic heterocycles. The van der Waals surface area contributed by atoms with Gasteiger partial charge in [-0.15, -0.1) is 0 Å². The predicted molar refractivity (Wildman–Crippen MR) is 80.2 cm³/mol. The minimum Gasteiger partial charge on any atom is -0.439 e. The summed E-state index contributed by atoms with van der Waals surface area (Å²) in [5.74, 6) is 0. The molecule has 2 rings (SSSR count). The molecule has 20 heavy (non-hydrogen) atoms. The van der Waals surface area contributed by atoms with Gasteiger partial charge in [0.2, 0.25) is 0 Å². The van der Waals surface area contributed by atoms with Crippen molar-refractivity contribution in [1.82, 2.24) is 0 Å². The fourth-order valence-corrected chi connectivity index (χ4v) is 2.20. The second-order valence-corrected chi connectivity index (χ2v) is 4.95. The molecule has 2 N–H and O–H groups in total. The topological polar surface area (TPSA) is 52.3 Å². The van der Waals surface area contributed by atoms with E-state index in [4.69, 9.17) is 10.5 Å². The summed E-state index contributed by atoms with van der Waals surface area (Å²) in [5, 5.41) is 0. The van der Waals surface area contributed by atoms with E-state index in [0.717, 1.165) is 16.7 Å². The Hall–Kier alpha value is -2.29. The van der Waals surface area contributed by atoms with Gasteiger partial charge in [0.25, 0.3) is 0 Å². The summed E-state index contributed by atoms with van der Waals surface area (Å²) < 4.78 is 5.26. The van der Waals surface area contributed by atoms with Crippen molar-refractivity contribution in [2.24, 2.45) is 5.73 Å². The lowest BCUT2D eigenvalue weighted by molar-refractivity contribution is 0.0249. The highest BCUT2D eigenvalue weighted by Gasteiger charge is 2.28. The molecule has 0 radical (unpaired) electrons. The maximum absolute atomic E-state index is 11.0. The van der Waals surface area contributed by atoms with Gasteiger partial charge in [-0.05, 0) is 30.0 Å². The van der Waals surface area contributed by atoms with E-state index in [1.54, 1.807) is 0 Å². The molecule has 1 atom stereocenters. The van der Waals surface area contributed by atoms with Crippen LogP contribution >= 0.6 is 0 Å². The Bertz CT molecular complexity index is 578. The number of hydrogen-bond donors (Lipinski definition) is 1. The van der Waals surface area contributed by atoms with E-state index < -0.39 is 11.7 Å². The largest absolute Gasteiger partial charge is 0.439 e. The van der Waals surface area contributed by atoms with Gasteiger partial charge in [-0.25, -0.2) is 4.79 Å². The van der Waals surface area contributed by atoms with Crippen molar-refractivity contribution in [2.45, 2.75) is 25.9 Å². The fourth-order valence-electron chi connectivity index (χ4n) is 2.20. The van der Waals surface area contributed by atoms with Crippen LogP contribution in [0.5, 0.6) is 0 Å². The maximum Gasteiger partial charge on any atom is 0.405 e. The summed E-state index contributed by atoms with van der Waals surface area (Å²) in [6.45, 7) is 3.84. The zero-order valence-electron chi connectivity index (χ0n) is 11.8. The van der Waals surface area contributed by atoms with E-state index in [1.807, 2.05) is 56.3 Å². The molecule has 1 amide bonds. The van der Waals surface area contributed by atoms with Crippen LogP contribution in [-0.4, -0.2) is 6.09 Å². The molecule has 0 saturated carbocycles. The summed E-state index contributed by atoms with van der Waals surface area (Å²) in [5.41, 5.74) is 7.71. The highest BCUT2D eigenvalue weighted by molar-refractivity contribution is 5.66. The van der Waals surface area contributed by atoms with Gasteiger partial charge in [0, 0.05) is 0 Å². The molecule has 1 unspecified atom stereocenters. The van der Waals surface area contributed by atoms with Gasteiger partial charge in [-0.1, -0.05) is 61.5 Å². The summed E-state index contributed by atoms with van der Waals surface area (Å²) in [7, 11) is 0. The van der Waals surface area contributed by atoms with Crippen LogP contribution in [0.1, 0.15) is 25.8 Å². The van der Waals surface area contributed by atoms with E-state index >= 15 is 0 Å². The third kappa shape index (κ3) is 2.99. The number of carbonyl (C=O) groups excluding carboxylic acids is 1. The fraction of sp³-hybridized carbons (Fsp3) is 0.235. The average Bonchev–Trinajstić information content (AvgIpc) is 2.47. The standard InChI is InChI=1S/C17H19NO2/c1-3-17(2,20-16(18)19)15-11-9-14(10-12-15)13-7-5-4-6-8-13/h4-12H,3H2,1-2H3,(H2,18,19). The molecule has 104 valence electrons. The molecule has 3 heteroatoms. The summed E-state index contributed by atoms with van der Waals surface area (Å²) in [6.07, 6.45) is -0.0813. The number of benzene rings is 2. The Morgan fingerprint density at radius 3 is 2.10 bits per heavy atom. The Balaban J connectivity index is 2.30. The summed E-state index contributed by atoms with van der Waals surface area (Å²) in [6, 6.07) is 18.2. The monoisotopic (exact) mass is 269 g/mol. The second kappa shape index (κ2) is 5.78. The molecule has 0 heterocycles. The van der Waals surface area contributed by atoms with Crippen LogP contribution < -0.4 is 5.73 Å². The maximum atomic E-state index is 11.0. The molecular formula is C17H19NO2. The van der Waals surface area contributed by atoms with Crippen molar-refractivity contribution < 1.29 is 9.53 Å². The van der Waals surface area contributed by atoms with Crippen molar-refractivity contribution >= 4 is 6.09 Å². The Kier molecular flexibility index (Phi) is 4.08. The van der Waals surface area contributed by atoms with E-state index in [9.17, 15) is 4.79 Å². The Morgan fingerprint density at radius 2 is 1.60 bits per heavy atom. The smallest absolute Gasteiger partial charge is 0.405 e. The van der Waals surface area contributed by atoms with Crippen LogP contribution in [0, 0.1) is 0 Å². The number of hydrogen-bond acceptors (Lipinski definition) is 2. The molecular weight excluding hydrogens is 250 g/mol. The number of ether oxygens (including phenoxy) is 1. The van der Waals surface area contributed by atoms with Gasteiger partial charge in [-0.3, -0.25) is 0 Å². The molecule has 0 aliphatic heterocycles. The number of rotatable bonds is 4. The van der Waals surface area contributed by atoms with Crippen LogP contribution in [0.15, 0.2) is 54.6 Å². The van der Waals surface area contributed by atoms with Crippen molar-refractivity contribution in [2.75, 3.05) is 0 Å². The quantitative estimate of drug-likeness (QED) is 0.909. The van der Waals surface area contributed by atoms with Gasteiger partial charge in [-0.2, -0.15) is 0 Å². The first-order valence-corrected chi connectivity index (χ1v) is 6.69. The lowest BCUT2D eigenvalue weighted by Crippen LogP contribution is -2.31. The number of nitrogens with two attached hydrogens (primary N) is 1. The molecule has 3 nitrogen and oxygen atoms in total. The Labute approximate surface area is 119 Å². The molecule has 2 aromatic carbocycles. The van der Waals surface area contributed by atoms with Gasteiger partial charge < -0.3 is 10.5 Å². The van der Waals surface area contributed by atoms with Gasteiger partial charge in [0.15, 0.2) is 0 Å². The van der Waals surface area contributed by atoms with E-state index in [-0.39, 0.29) is 0 Å². The van der Waals surface area contributed by atoms with E-state index in [1.165, 1.54) is 0 Å². The molecule has 0 saturated heterocycles. The number of primary amides is 1. The second-order valence-electron chi connectivity index (χ2n) is 4.95. The molecule has 0 bridgehead atoms. The Morgan fingerprint density at radius 1 is 1.05 bits per heavy atom. The normalized spacial score (nSPS) is 13.5. The lowest BCUT2D eigenvalue weighted by Gasteiger charge is -2.28. The van der Waals surface area contributed by atoms with Crippen molar-refractivity contribution in [3.05, 3.63) is 60.2 Å². The van der Waals surface area contributed by atoms with Gasteiger partial charge >= 0.3 is 6.09 Å². The molecule has 0 aliphatic rings. The SMILES string of the molecule is CCC(C)(OC(N)=O)c1ccc(-c2ccccc2)cc1. The first-order chi connectivity index (χ1) is 9.55. The first-order valence-electron chi connectivity index (χ1n) is 6.69. The zero-order chi connectivity index (χ0) is 14.6. The molecule has 0 fully saturated rings. The first kappa shape index (κ1) is 14.1. The van der Waals surface area contributed by atoms with Gasteiger partial charge in [0.1, 0.15) is 5.60 Å². The van der Waals surface area contributed by atoms with Crippen LogP contribution in [0.3, 0.4) is 0 Å². The van der Waals surface area contributed by atoms with Crippen molar-refractivity contribution in [1.29, 1.82) is 0 Å². The van der Waals surface area contributed by atoms with Crippen LogP contribution in [0.25, 0.3) is 11.1 Å². The molecule has 2 aromatic rings. The van der Waals surface area contributed by atoms with Crippen molar-refractivity contribution in [3.8, 4) is 11.1 Å². The minimum absolute atomic E-state index is 0.667. The highest BCUT2D eigenvalue weighted by Crippen LogP contribution is 2.30. The van der Waals surface area contributed by atoms with E-state index in [2.05, 4.69) is 12.1 Å². The molecule has 0 spiro atoms. The van der Waals surface area contributed by atoms with E-state index in [0.29, 0.717) is 6.42 Å². The predicted octanol–water partition coefficient (Wildman–Crippen LogP) is 4.07. The summed E-state index contributed by atoms with van der Waals surface area (Å²) >= 11 is 0. The number of amides is 1. The highest BCUT2D eigenvalue weighted by atomic mass is 16.6. The number of carbonyl (C=O) groups is 1. The van der Waals surface area contributed by atoms with Crippen molar-refractivity contribution in [3.63, 3.8) is 0 Å². The zero-order valence-corrected chi connectivity index (χ0v) is 11.8. The minimum atomic E-state index is -0.749. The summed E-state index contributed by atoms with van der Waals surface area (Å²) in [4.78, 5) is 11.0. The molecule has 0 aliphatic carbocycles. The third-order valence-electron chi connectivity index (χ3n) is 3.60. The van der Waals surface area contributed by atoms with Gasteiger partial charge in [0.05, 0.1) is 0 Å². The lowest BCUT2D eigenvalue weighted by atomic mass is 9.91.